The van der Waals surface area contributed by atoms with E-state index in [2.05, 4.69) is 5.32 Å². The molecule has 2 unspecified atom stereocenters. The highest BCUT2D eigenvalue weighted by molar-refractivity contribution is 4.79. The predicted molar refractivity (Wildman–Crippen MR) is 72.0 cm³/mol. The van der Waals surface area contributed by atoms with E-state index in [1.807, 2.05) is 0 Å². The first-order valence-corrected chi connectivity index (χ1v) is 7.74. The van der Waals surface area contributed by atoms with Crippen molar-refractivity contribution in [2.75, 3.05) is 13.2 Å². The molecule has 0 saturated heterocycles. The van der Waals surface area contributed by atoms with Crippen LogP contribution in [0, 0.1) is 11.8 Å². The van der Waals surface area contributed by atoms with E-state index in [1.165, 1.54) is 64.2 Å². The molecule has 2 N–H and O–H groups in total. The minimum atomic E-state index is 0.400. The Hall–Kier alpha value is -0.0800. The zero-order valence-corrected chi connectivity index (χ0v) is 11.2. The van der Waals surface area contributed by atoms with E-state index in [9.17, 15) is 5.11 Å². The van der Waals surface area contributed by atoms with Gasteiger partial charge < -0.3 is 10.4 Å². The van der Waals surface area contributed by atoms with Crippen molar-refractivity contribution in [3.05, 3.63) is 0 Å². The van der Waals surface area contributed by atoms with Crippen molar-refractivity contribution in [3.8, 4) is 0 Å². The summed E-state index contributed by atoms with van der Waals surface area (Å²) in [5.41, 5.74) is 0. The van der Waals surface area contributed by atoms with Gasteiger partial charge in [-0.25, -0.2) is 0 Å². The molecule has 2 aliphatic rings. The SMILES string of the molecule is OCC1CCCCC1CNC1CCCCCC1. The third-order valence-electron chi connectivity index (χ3n) is 4.82. The van der Waals surface area contributed by atoms with Crippen LogP contribution >= 0.6 is 0 Å². The molecule has 0 amide bonds. The van der Waals surface area contributed by atoms with Crippen molar-refractivity contribution >= 4 is 0 Å². The number of rotatable bonds is 4. The first-order valence-electron chi connectivity index (χ1n) is 7.74. The van der Waals surface area contributed by atoms with E-state index in [1.54, 1.807) is 0 Å². The summed E-state index contributed by atoms with van der Waals surface area (Å²) in [6.07, 6.45) is 13.7. The lowest BCUT2D eigenvalue weighted by Crippen LogP contribution is -2.37. The molecule has 0 heterocycles. The maximum atomic E-state index is 9.42. The van der Waals surface area contributed by atoms with Gasteiger partial charge in [-0.15, -0.1) is 0 Å². The lowest BCUT2D eigenvalue weighted by atomic mass is 9.79. The van der Waals surface area contributed by atoms with Crippen LogP contribution in [0.25, 0.3) is 0 Å². The lowest BCUT2D eigenvalue weighted by molar-refractivity contribution is 0.130. The number of nitrogens with one attached hydrogen (secondary N) is 1. The van der Waals surface area contributed by atoms with E-state index >= 15 is 0 Å². The minimum absolute atomic E-state index is 0.400. The van der Waals surface area contributed by atoms with Gasteiger partial charge in [-0.05, 0) is 44.1 Å². The van der Waals surface area contributed by atoms with Crippen LogP contribution in [-0.2, 0) is 0 Å². The van der Waals surface area contributed by atoms with Gasteiger partial charge in [0.2, 0.25) is 0 Å². The summed E-state index contributed by atoms with van der Waals surface area (Å²) in [7, 11) is 0. The molecule has 2 rings (SSSR count). The Balaban J connectivity index is 1.71. The fourth-order valence-electron chi connectivity index (χ4n) is 3.60. The number of aliphatic hydroxyl groups excluding tert-OH is 1. The van der Waals surface area contributed by atoms with E-state index in [0.29, 0.717) is 12.5 Å². The summed E-state index contributed by atoms with van der Waals surface area (Å²) in [5, 5.41) is 13.2. The maximum absolute atomic E-state index is 9.42. The first kappa shape index (κ1) is 13.4. The predicted octanol–water partition coefficient (Wildman–Crippen LogP) is 3.10. The Kier molecular flexibility index (Phi) is 5.79. The van der Waals surface area contributed by atoms with Gasteiger partial charge in [0, 0.05) is 12.6 Å². The summed E-state index contributed by atoms with van der Waals surface area (Å²) >= 11 is 0. The fraction of sp³-hybridized carbons (Fsp3) is 1.00. The molecule has 0 aromatic carbocycles. The molecule has 2 nitrogen and oxygen atoms in total. The second-order valence-corrected chi connectivity index (χ2v) is 6.08. The zero-order chi connectivity index (χ0) is 11.9. The molecule has 2 saturated carbocycles. The lowest BCUT2D eigenvalue weighted by Gasteiger charge is -2.31. The quantitative estimate of drug-likeness (QED) is 0.739. The molecule has 0 spiro atoms. The van der Waals surface area contributed by atoms with Crippen LogP contribution < -0.4 is 5.32 Å². The van der Waals surface area contributed by atoms with Crippen molar-refractivity contribution in [1.82, 2.24) is 5.32 Å². The molecule has 0 aliphatic heterocycles. The highest BCUT2D eigenvalue weighted by atomic mass is 16.3. The van der Waals surface area contributed by atoms with E-state index in [0.717, 1.165) is 18.5 Å². The van der Waals surface area contributed by atoms with Gasteiger partial charge in [0.15, 0.2) is 0 Å². The van der Waals surface area contributed by atoms with Gasteiger partial charge in [-0.2, -0.15) is 0 Å². The van der Waals surface area contributed by atoms with Crippen LogP contribution in [0.1, 0.15) is 64.2 Å². The number of hydrogen-bond donors (Lipinski definition) is 2. The molecular formula is C15H29NO. The maximum Gasteiger partial charge on any atom is 0.0462 e. The molecule has 0 radical (unpaired) electrons. The van der Waals surface area contributed by atoms with Crippen molar-refractivity contribution in [2.45, 2.75) is 70.3 Å². The second kappa shape index (κ2) is 7.38. The van der Waals surface area contributed by atoms with E-state index < -0.39 is 0 Å². The van der Waals surface area contributed by atoms with Crippen molar-refractivity contribution < 1.29 is 5.11 Å². The molecule has 2 aliphatic carbocycles. The fourth-order valence-corrected chi connectivity index (χ4v) is 3.60. The Labute approximate surface area is 106 Å². The van der Waals surface area contributed by atoms with Crippen molar-refractivity contribution in [3.63, 3.8) is 0 Å². The monoisotopic (exact) mass is 239 g/mol. The largest absolute Gasteiger partial charge is 0.396 e. The minimum Gasteiger partial charge on any atom is -0.396 e. The average Bonchev–Trinajstić information content (AvgIpc) is 2.65. The van der Waals surface area contributed by atoms with Crippen LogP contribution in [0.3, 0.4) is 0 Å². The summed E-state index contributed by atoms with van der Waals surface area (Å²) in [6.45, 7) is 1.55. The first-order chi connectivity index (χ1) is 8.40. The highest BCUT2D eigenvalue weighted by Gasteiger charge is 2.25. The molecule has 2 atom stereocenters. The van der Waals surface area contributed by atoms with E-state index in [4.69, 9.17) is 0 Å². The van der Waals surface area contributed by atoms with Crippen LogP contribution in [0.5, 0.6) is 0 Å². The molecule has 0 aromatic heterocycles. The van der Waals surface area contributed by atoms with Crippen LogP contribution in [-0.4, -0.2) is 24.3 Å². The van der Waals surface area contributed by atoms with Gasteiger partial charge >= 0.3 is 0 Å². The molecule has 0 bridgehead atoms. The Morgan fingerprint density at radius 2 is 1.35 bits per heavy atom. The van der Waals surface area contributed by atoms with Gasteiger partial charge in [0.05, 0.1) is 0 Å². The Morgan fingerprint density at radius 1 is 0.765 bits per heavy atom. The summed E-state index contributed by atoms with van der Waals surface area (Å²) in [5.74, 6) is 1.30. The normalized spacial score (nSPS) is 32.3. The Morgan fingerprint density at radius 3 is 2.00 bits per heavy atom. The van der Waals surface area contributed by atoms with Crippen molar-refractivity contribution in [2.24, 2.45) is 11.8 Å². The number of aliphatic hydroxyl groups is 1. The van der Waals surface area contributed by atoms with Crippen LogP contribution in [0.2, 0.25) is 0 Å². The Bertz CT molecular complexity index is 199. The van der Waals surface area contributed by atoms with Crippen LogP contribution in [0.4, 0.5) is 0 Å². The standard InChI is InChI=1S/C15H29NO/c17-12-14-8-6-5-7-13(14)11-16-15-9-3-1-2-4-10-15/h13-17H,1-12H2. The van der Waals surface area contributed by atoms with Crippen molar-refractivity contribution in [1.29, 1.82) is 0 Å². The van der Waals surface area contributed by atoms with Gasteiger partial charge in [0.25, 0.3) is 0 Å². The molecule has 2 fully saturated rings. The smallest absolute Gasteiger partial charge is 0.0462 e. The molecule has 2 heteroatoms. The second-order valence-electron chi connectivity index (χ2n) is 6.08. The van der Waals surface area contributed by atoms with Gasteiger partial charge in [-0.3, -0.25) is 0 Å². The van der Waals surface area contributed by atoms with Crippen LogP contribution in [0.15, 0.2) is 0 Å². The topological polar surface area (TPSA) is 32.3 Å². The highest BCUT2D eigenvalue weighted by Crippen LogP contribution is 2.29. The van der Waals surface area contributed by atoms with Gasteiger partial charge in [-0.1, -0.05) is 38.5 Å². The third-order valence-corrected chi connectivity index (χ3v) is 4.82. The molecule has 100 valence electrons. The molecular weight excluding hydrogens is 210 g/mol. The average molecular weight is 239 g/mol. The summed E-state index contributed by atoms with van der Waals surface area (Å²) in [4.78, 5) is 0. The summed E-state index contributed by atoms with van der Waals surface area (Å²) < 4.78 is 0. The molecule has 17 heavy (non-hydrogen) atoms. The van der Waals surface area contributed by atoms with Gasteiger partial charge in [0.1, 0.15) is 0 Å². The summed E-state index contributed by atoms with van der Waals surface area (Å²) in [6, 6.07) is 0.763. The van der Waals surface area contributed by atoms with E-state index in [-0.39, 0.29) is 0 Å². The zero-order valence-electron chi connectivity index (χ0n) is 11.2. The third kappa shape index (κ3) is 4.26. The molecule has 0 aromatic rings. The number of hydrogen-bond acceptors (Lipinski definition) is 2.